The molecule has 96 valence electrons. The number of aromatic nitrogens is 1. The predicted molar refractivity (Wildman–Crippen MR) is 74.1 cm³/mol. The zero-order valence-corrected chi connectivity index (χ0v) is 11.7. The van der Waals surface area contributed by atoms with Gasteiger partial charge in [0.25, 0.3) is 0 Å². The number of oxazole rings is 1. The molecule has 0 bridgehead atoms. The van der Waals surface area contributed by atoms with Crippen LogP contribution in [-0.4, -0.2) is 11.5 Å². The van der Waals surface area contributed by atoms with E-state index in [9.17, 15) is 0 Å². The summed E-state index contributed by atoms with van der Waals surface area (Å²) < 4.78 is 5.70. The minimum absolute atomic E-state index is 0.0602. The van der Waals surface area contributed by atoms with Gasteiger partial charge in [0.1, 0.15) is 0 Å². The quantitative estimate of drug-likeness (QED) is 0.909. The van der Waals surface area contributed by atoms with E-state index in [-0.39, 0.29) is 6.04 Å². The van der Waals surface area contributed by atoms with Gasteiger partial charge in [-0.15, -0.1) is 0 Å². The Morgan fingerprint density at radius 2 is 2.00 bits per heavy atom. The highest BCUT2D eigenvalue weighted by Crippen LogP contribution is 2.35. The Balaban J connectivity index is 2.35. The Hall–Kier alpha value is -1.03. The van der Waals surface area contributed by atoms with Gasteiger partial charge in [-0.2, -0.15) is 0 Å². The minimum Gasteiger partial charge on any atom is -0.439 e. The number of hydrogen-bond acceptors (Lipinski definition) is 3. The predicted octanol–water partition coefficient (Wildman–Crippen LogP) is 4.32. The maximum Gasteiger partial charge on any atom is 0.211 e. The summed E-state index contributed by atoms with van der Waals surface area (Å²) in [6, 6.07) is 5.41. The van der Waals surface area contributed by atoms with Crippen molar-refractivity contribution in [2.45, 2.75) is 19.9 Å². The molecule has 0 aliphatic heterocycles. The lowest BCUT2D eigenvalue weighted by Gasteiger charge is -2.07. The molecule has 1 aromatic heterocycles. The van der Waals surface area contributed by atoms with E-state index in [1.165, 1.54) is 0 Å². The number of hydrogen-bond donors (Lipinski definition) is 1. The Morgan fingerprint density at radius 1 is 1.33 bits per heavy atom. The molecule has 0 aliphatic rings. The van der Waals surface area contributed by atoms with Crippen molar-refractivity contribution < 1.29 is 4.42 Å². The highest BCUT2D eigenvalue weighted by molar-refractivity contribution is 6.39. The van der Waals surface area contributed by atoms with Crippen LogP contribution in [-0.2, 0) is 0 Å². The van der Waals surface area contributed by atoms with Gasteiger partial charge in [-0.05, 0) is 25.6 Å². The summed E-state index contributed by atoms with van der Waals surface area (Å²) >= 11 is 12.3. The van der Waals surface area contributed by atoms with Gasteiger partial charge < -0.3 is 9.73 Å². The third-order valence-electron chi connectivity index (χ3n) is 2.61. The number of benzene rings is 1. The second-order valence-corrected chi connectivity index (χ2v) is 4.75. The summed E-state index contributed by atoms with van der Waals surface area (Å²) in [5.41, 5.74) is 0.684. The number of nitrogens with zero attached hydrogens (tertiary/aromatic N) is 1. The molecular weight excluding hydrogens is 271 g/mol. The molecule has 1 aromatic carbocycles. The van der Waals surface area contributed by atoms with Gasteiger partial charge in [0.15, 0.2) is 5.76 Å². The summed E-state index contributed by atoms with van der Waals surface area (Å²) in [7, 11) is 0. The van der Waals surface area contributed by atoms with Crippen molar-refractivity contribution in [1.29, 1.82) is 0 Å². The molecule has 2 aromatic rings. The standard InChI is InChI=1S/C13H14Cl2N2O/c1-3-16-8(2)13-17-7-11(18-13)12-9(14)5-4-6-10(12)15/h4-8,16H,3H2,1-2H3. The van der Waals surface area contributed by atoms with Gasteiger partial charge in [0.05, 0.1) is 27.8 Å². The topological polar surface area (TPSA) is 38.1 Å². The molecule has 5 heteroatoms. The van der Waals surface area contributed by atoms with Gasteiger partial charge in [0.2, 0.25) is 5.89 Å². The third-order valence-corrected chi connectivity index (χ3v) is 3.24. The van der Waals surface area contributed by atoms with Crippen molar-refractivity contribution >= 4 is 23.2 Å². The second kappa shape index (κ2) is 5.74. The van der Waals surface area contributed by atoms with Crippen LogP contribution in [0.3, 0.4) is 0 Å². The molecule has 0 saturated carbocycles. The fraction of sp³-hybridized carbons (Fsp3) is 0.308. The van der Waals surface area contributed by atoms with E-state index in [0.717, 1.165) is 6.54 Å². The highest BCUT2D eigenvalue weighted by atomic mass is 35.5. The molecule has 0 saturated heterocycles. The highest BCUT2D eigenvalue weighted by Gasteiger charge is 2.16. The van der Waals surface area contributed by atoms with Gasteiger partial charge in [-0.1, -0.05) is 36.2 Å². The van der Waals surface area contributed by atoms with Crippen molar-refractivity contribution in [2.24, 2.45) is 0 Å². The van der Waals surface area contributed by atoms with E-state index in [4.69, 9.17) is 27.6 Å². The fourth-order valence-electron chi connectivity index (χ4n) is 1.73. The lowest BCUT2D eigenvalue weighted by Crippen LogP contribution is -2.17. The maximum absolute atomic E-state index is 6.13. The molecule has 0 fully saturated rings. The lowest BCUT2D eigenvalue weighted by atomic mass is 10.2. The van der Waals surface area contributed by atoms with Crippen LogP contribution in [0.25, 0.3) is 11.3 Å². The van der Waals surface area contributed by atoms with Crippen molar-refractivity contribution in [1.82, 2.24) is 10.3 Å². The van der Waals surface area contributed by atoms with Gasteiger partial charge in [0, 0.05) is 0 Å². The van der Waals surface area contributed by atoms with Crippen LogP contribution in [0, 0.1) is 0 Å². The van der Waals surface area contributed by atoms with Crippen LogP contribution in [0.2, 0.25) is 10.0 Å². The largest absolute Gasteiger partial charge is 0.439 e. The maximum atomic E-state index is 6.13. The molecule has 0 radical (unpaired) electrons. The van der Waals surface area contributed by atoms with Crippen molar-refractivity contribution in [3.8, 4) is 11.3 Å². The number of rotatable bonds is 4. The van der Waals surface area contributed by atoms with Crippen molar-refractivity contribution in [2.75, 3.05) is 6.54 Å². The summed E-state index contributed by atoms with van der Waals surface area (Å²) in [5, 5.41) is 4.35. The summed E-state index contributed by atoms with van der Waals surface area (Å²) in [6.45, 7) is 4.88. The molecular formula is C13H14Cl2N2O. The summed E-state index contributed by atoms with van der Waals surface area (Å²) in [5.74, 6) is 1.22. The Labute approximate surface area is 116 Å². The van der Waals surface area contributed by atoms with Gasteiger partial charge in [-0.3, -0.25) is 0 Å². The second-order valence-electron chi connectivity index (χ2n) is 3.94. The smallest absolute Gasteiger partial charge is 0.211 e. The molecule has 0 spiro atoms. The van der Waals surface area contributed by atoms with Crippen LogP contribution in [0.4, 0.5) is 0 Å². The normalized spacial score (nSPS) is 12.7. The minimum atomic E-state index is 0.0602. The number of nitrogens with one attached hydrogen (secondary N) is 1. The van der Waals surface area contributed by atoms with E-state index in [2.05, 4.69) is 10.3 Å². The SMILES string of the molecule is CCNC(C)c1ncc(-c2c(Cl)cccc2Cl)o1. The first-order chi connectivity index (χ1) is 8.63. The Morgan fingerprint density at radius 3 is 2.61 bits per heavy atom. The van der Waals surface area contributed by atoms with Crippen molar-refractivity contribution in [3.05, 3.63) is 40.3 Å². The Bertz CT molecular complexity index is 519. The number of halogens is 2. The molecule has 2 rings (SSSR count). The van der Waals surface area contributed by atoms with E-state index in [1.54, 1.807) is 24.4 Å². The van der Waals surface area contributed by atoms with Crippen LogP contribution in [0.1, 0.15) is 25.8 Å². The first kappa shape index (κ1) is 13.4. The summed E-state index contributed by atoms with van der Waals surface area (Å²) in [4.78, 5) is 4.25. The molecule has 18 heavy (non-hydrogen) atoms. The molecule has 1 N–H and O–H groups in total. The zero-order chi connectivity index (χ0) is 13.1. The molecule has 1 atom stereocenters. The van der Waals surface area contributed by atoms with Gasteiger partial charge >= 0.3 is 0 Å². The van der Waals surface area contributed by atoms with E-state index in [1.807, 2.05) is 13.8 Å². The first-order valence-electron chi connectivity index (χ1n) is 5.77. The van der Waals surface area contributed by atoms with Crippen LogP contribution in [0.15, 0.2) is 28.8 Å². The Kier molecular flexibility index (Phi) is 4.27. The van der Waals surface area contributed by atoms with Crippen LogP contribution >= 0.6 is 23.2 Å². The average Bonchev–Trinajstić information content (AvgIpc) is 2.78. The molecule has 0 amide bonds. The van der Waals surface area contributed by atoms with Gasteiger partial charge in [-0.25, -0.2) is 4.98 Å². The average molecular weight is 285 g/mol. The molecule has 3 nitrogen and oxygen atoms in total. The lowest BCUT2D eigenvalue weighted by molar-refractivity contribution is 0.429. The first-order valence-corrected chi connectivity index (χ1v) is 6.52. The zero-order valence-electron chi connectivity index (χ0n) is 10.2. The summed E-state index contributed by atoms with van der Waals surface area (Å²) in [6.07, 6.45) is 1.65. The van der Waals surface area contributed by atoms with Crippen LogP contribution in [0.5, 0.6) is 0 Å². The molecule has 0 aliphatic carbocycles. The van der Waals surface area contributed by atoms with E-state index in [0.29, 0.717) is 27.3 Å². The van der Waals surface area contributed by atoms with E-state index < -0.39 is 0 Å². The molecule has 1 unspecified atom stereocenters. The monoisotopic (exact) mass is 284 g/mol. The third kappa shape index (κ3) is 2.69. The fourth-order valence-corrected chi connectivity index (χ4v) is 2.31. The van der Waals surface area contributed by atoms with Crippen LogP contribution < -0.4 is 5.32 Å². The van der Waals surface area contributed by atoms with Crippen molar-refractivity contribution in [3.63, 3.8) is 0 Å². The van der Waals surface area contributed by atoms with E-state index >= 15 is 0 Å². The molecule has 1 heterocycles.